The average Bonchev–Trinajstić information content (AvgIpc) is 3.03. The summed E-state index contributed by atoms with van der Waals surface area (Å²) in [5.74, 6) is 0.414. The number of nitrogens with two attached hydrogens (primary N) is 1. The van der Waals surface area contributed by atoms with Crippen LogP contribution in [0.3, 0.4) is 0 Å². The number of nitrogens with zero attached hydrogens (tertiary/aromatic N) is 2. The zero-order valence-corrected chi connectivity index (χ0v) is 12.1. The van der Waals surface area contributed by atoms with Gasteiger partial charge in [-0.25, -0.2) is 9.07 Å². The van der Waals surface area contributed by atoms with Crippen LogP contribution in [0.25, 0.3) is 5.69 Å². The molecule has 21 heavy (non-hydrogen) atoms. The van der Waals surface area contributed by atoms with Crippen molar-refractivity contribution in [2.24, 2.45) is 0 Å². The maximum absolute atomic E-state index is 13.4. The minimum absolute atomic E-state index is 0.183. The molecule has 2 N–H and O–H groups in total. The molecule has 1 aromatic heterocycles. The molecular formula is C16H14FN3S. The molecular weight excluding hydrogens is 285 g/mol. The second-order valence-corrected chi connectivity index (χ2v) is 5.64. The van der Waals surface area contributed by atoms with Crippen molar-refractivity contribution in [3.05, 3.63) is 72.3 Å². The van der Waals surface area contributed by atoms with E-state index in [-0.39, 0.29) is 11.5 Å². The van der Waals surface area contributed by atoms with E-state index in [1.807, 2.05) is 35.1 Å². The predicted molar refractivity (Wildman–Crippen MR) is 83.9 cm³/mol. The summed E-state index contributed by atoms with van der Waals surface area (Å²) in [6, 6.07) is 14.9. The lowest BCUT2D eigenvalue weighted by molar-refractivity contribution is 0.629. The molecule has 3 nitrogen and oxygen atoms in total. The second-order valence-electron chi connectivity index (χ2n) is 4.59. The predicted octanol–water partition coefficient (Wildman–Crippen LogP) is 3.89. The number of benzene rings is 2. The summed E-state index contributed by atoms with van der Waals surface area (Å²) in [7, 11) is 0. The molecule has 0 amide bonds. The molecule has 2 aromatic carbocycles. The number of hydrogen-bond acceptors (Lipinski definition) is 3. The van der Waals surface area contributed by atoms with Crippen LogP contribution in [0.5, 0.6) is 0 Å². The SMILES string of the molecule is Nc1ccc(SCc2ccc(-n3cccn3)cc2)cc1F. The van der Waals surface area contributed by atoms with E-state index in [0.29, 0.717) is 0 Å². The minimum Gasteiger partial charge on any atom is -0.396 e. The minimum atomic E-state index is -0.367. The third-order valence-electron chi connectivity index (χ3n) is 3.08. The summed E-state index contributed by atoms with van der Waals surface area (Å²) in [5.41, 5.74) is 7.84. The standard InChI is InChI=1S/C16H14FN3S/c17-15-10-14(6-7-16(15)18)21-11-12-2-4-13(5-3-12)20-9-1-8-19-20/h1-10H,11,18H2. The summed E-state index contributed by atoms with van der Waals surface area (Å²) in [6.45, 7) is 0. The van der Waals surface area contributed by atoms with Crippen molar-refractivity contribution in [3.63, 3.8) is 0 Å². The fraction of sp³-hybridized carbons (Fsp3) is 0.0625. The van der Waals surface area contributed by atoms with Gasteiger partial charge in [0.1, 0.15) is 5.82 Å². The number of halogens is 1. The summed E-state index contributed by atoms with van der Waals surface area (Å²) in [5, 5.41) is 4.19. The van der Waals surface area contributed by atoms with Crippen LogP contribution in [0.1, 0.15) is 5.56 Å². The van der Waals surface area contributed by atoms with Gasteiger partial charge in [-0.3, -0.25) is 0 Å². The molecule has 0 unspecified atom stereocenters. The largest absolute Gasteiger partial charge is 0.396 e. The van der Waals surface area contributed by atoms with Crippen molar-refractivity contribution in [1.82, 2.24) is 9.78 Å². The zero-order chi connectivity index (χ0) is 14.7. The quantitative estimate of drug-likeness (QED) is 0.587. The van der Waals surface area contributed by atoms with E-state index in [1.165, 1.54) is 11.6 Å². The molecule has 3 aromatic rings. The van der Waals surface area contributed by atoms with Crippen LogP contribution in [0.15, 0.2) is 65.8 Å². The molecule has 0 radical (unpaired) electrons. The van der Waals surface area contributed by atoms with Gasteiger partial charge in [0, 0.05) is 23.0 Å². The lowest BCUT2D eigenvalue weighted by atomic mass is 10.2. The monoisotopic (exact) mass is 299 g/mol. The second kappa shape index (κ2) is 6.01. The zero-order valence-electron chi connectivity index (χ0n) is 11.2. The number of aromatic nitrogens is 2. The highest BCUT2D eigenvalue weighted by Gasteiger charge is 2.02. The topological polar surface area (TPSA) is 43.8 Å². The fourth-order valence-corrected chi connectivity index (χ4v) is 2.81. The van der Waals surface area contributed by atoms with Crippen molar-refractivity contribution < 1.29 is 4.39 Å². The molecule has 0 aliphatic rings. The molecule has 1 heterocycles. The van der Waals surface area contributed by atoms with Crippen LogP contribution in [0.4, 0.5) is 10.1 Å². The first-order valence-electron chi connectivity index (χ1n) is 6.49. The third kappa shape index (κ3) is 3.25. The van der Waals surface area contributed by atoms with Crippen LogP contribution in [-0.2, 0) is 5.75 Å². The molecule has 106 valence electrons. The number of thioether (sulfide) groups is 1. The molecule has 0 saturated carbocycles. The molecule has 3 rings (SSSR count). The third-order valence-corrected chi connectivity index (χ3v) is 4.15. The van der Waals surface area contributed by atoms with Gasteiger partial charge in [0.15, 0.2) is 0 Å². The smallest absolute Gasteiger partial charge is 0.147 e. The van der Waals surface area contributed by atoms with Crippen LogP contribution in [0, 0.1) is 5.82 Å². The van der Waals surface area contributed by atoms with Crippen LogP contribution < -0.4 is 5.73 Å². The Morgan fingerprint density at radius 2 is 1.95 bits per heavy atom. The van der Waals surface area contributed by atoms with Crippen molar-refractivity contribution in [3.8, 4) is 5.69 Å². The van der Waals surface area contributed by atoms with Gasteiger partial charge in [-0.1, -0.05) is 12.1 Å². The molecule has 0 aliphatic heterocycles. The van der Waals surface area contributed by atoms with Gasteiger partial charge in [-0.2, -0.15) is 5.10 Å². The van der Waals surface area contributed by atoms with E-state index in [1.54, 1.807) is 24.0 Å². The van der Waals surface area contributed by atoms with Gasteiger partial charge in [0.05, 0.1) is 11.4 Å². The molecule has 0 spiro atoms. The highest BCUT2D eigenvalue weighted by molar-refractivity contribution is 7.98. The summed E-state index contributed by atoms with van der Waals surface area (Å²) < 4.78 is 15.2. The summed E-state index contributed by atoms with van der Waals surface area (Å²) in [6.07, 6.45) is 3.65. The van der Waals surface area contributed by atoms with Gasteiger partial charge < -0.3 is 5.73 Å². The lowest BCUT2D eigenvalue weighted by Gasteiger charge is -2.05. The highest BCUT2D eigenvalue weighted by Crippen LogP contribution is 2.25. The van der Waals surface area contributed by atoms with Crippen LogP contribution in [-0.4, -0.2) is 9.78 Å². The van der Waals surface area contributed by atoms with E-state index in [0.717, 1.165) is 16.3 Å². The van der Waals surface area contributed by atoms with Crippen molar-refractivity contribution in [2.75, 3.05) is 5.73 Å². The molecule has 0 aliphatic carbocycles. The van der Waals surface area contributed by atoms with Crippen LogP contribution >= 0.6 is 11.8 Å². The Morgan fingerprint density at radius 3 is 2.62 bits per heavy atom. The summed E-state index contributed by atoms with van der Waals surface area (Å²) in [4.78, 5) is 0.873. The van der Waals surface area contributed by atoms with Crippen molar-refractivity contribution in [1.29, 1.82) is 0 Å². The first-order chi connectivity index (χ1) is 10.2. The molecule has 5 heteroatoms. The Kier molecular flexibility index (Phi) is 3.92. The average molecular weight is 299 g/mol. The Bertz CT molecular complexity index is 724. The molecule has 0 atom stereocenters. The summed E-state index contributed by atoms with van der Waals surface area (Å²) >= 11 is 1.58. The van der Waals surface area contributed by atoms with E-state index < -0.39 is 0 Å². The first-order valence-corrected chi connectivity index (χ1v) is 7.48. The maximum Gasteiger partial charge on any atom is 0.147 e. The fourth-order valence-electron chi connectivity index (χ4n) is 1.93. The Hall–Kier alpha value is -2.27. The maximum atomic E-state index is 13.4. The number of hydrogen-bond donors (Lipinski definition) is 1. The van der Waals surface area contributed by atoms with Gasteiger partial charge >= 0.3 is 0 Å². The Labute approximate surface area is 126 Å². The number of nitrogen functional groups attached to an aromatic ring is 1. The van der Waals surface area contributed by atoms with Crippen molar-refractivity contribution in [2.45, 2.75) is 10.6 Å². The van der Waals surface area contributed by atoms with E-state index in [9.17, 15) is 4.39 Å². The first kappa shape index (κ1) is 13.7. The molecule has 0 fully saturated rings. The highest BCUT2D eigenvalue weighted by atomic mass is 32.2. The molecule has 0 bridgehead atoms. The number of anilines is 1. The van der Waals surface area contributed by atoms with E-state index >= 15 is 0 Å². The van der Waals surface area contributed by atoms with Gasteiger partial charge in [-0.05, 0) is 42.0 Å². The van der Waals surface area contributed by atoms with Gasteiger partial charge in [0.25, 0.3) is 0 Å². The van der Waals surface area contributed by atoms with Crippen LogP contribution in [0.2, 0.25) is 0 Å². The normalized spacial score (nSPS) is 10.7. The Morgan fingerprint density at radius 1 is 1.14 bits per heavy atom. The molecule has 0 saturated heterocycles. The Balaban J connectivity index is 1.66. The van der Waals surface area contributed by atoms with E-state index in [4.69, 9.17) is 5.73 Å². The van der Waals surface area contributed by atoms with Gasteiger partial charge in [0.2, 0.25) is 0 Å². The van der Waals surface area contributed by atoms with Gasteiger partial charge in [-0.15, -0.1) is 11.8 Å². The van der Waals surface area contributed by atoms with E-state index in [2.05, 4.69) is 17.2 Å². The number of rotatable bonds is 4. The van der Waals surface area contributed by atoms with Crippen molar-refractivity contribution >= 4 is 17.4 Å². The lowest BCUT2D eigenvalue weighted by Crippen LogP contribution is -1.94.